The van der Waals surface area contributed by atoms with E-state index in [-0.39, 0.29) is 5.78 Å². The lowest BCUT2D eigenvalue weighted by Gasteiger charge is -2.08. The van der Waals surface area contributed by atoms with Gasteiger partial charge in [-0.2, -0.15) is 0 Å². The summed E-state index contributed by atoms with van der Waals surface area (Å²) in [7, 11) is 3.25. The zero-order valence-corrected chi connectivity index (χ0v) is 10.9. The van der Waals surface area contributed by atoms with Gasteiger partial charge in [0, 0.05) is 18.9 Å². The number of hydrogen-bond acceptors (Lipinski definition) is 3. The first-order valence-corrected chi connectivity index (χ1v) is 5.90. The largest absolute Gasteiger partial charge is 0.497 e. The topological polar surface area (TPSA) is 40.5 Å². The number of fused-ring (bicyclic) bond motifs is 1. The molecule has 0 unspecified atom stereocenters. The van der Waals surface area contributed by atoms with Gasteiger partial charge in [0.25, 0.3) is 0 Å². The zero-order chi connectivity index (χ0) is 13.1. The summed E-state index contributed by atoms with van der Waals surface area (Å²) < 4.78 is 12.2. The third kappa shape index (κ3) is 2.11. The van der Waals surface area contributed by atoms with Crippen LogP contribution in [0.5, 0.6) is 5.75 Å². The van der Waals surface area contributed by atoms with Crippen molar-refractivity contribution in [3.05, 3.63) is 30.0 Å². The summed E-state index contributed by atoms with van der Waals surface area (Å²) in [6, 6.07) is 7.64. The van der Waals surface area contributed by atoms with Crippen LogP contribution in [0.1, 0.15) is 23.8 Å². The van der Waals surface area contributed by atoms with Gasteiger partial charge in [-0.15, -0.1) is 0 Å². The number of aromatic nitrogens is 1. The maximum atomic E-state index is 11.9. The van der Waals surface area contributed by atoms with Crippen molar-refractivity contribution in [1.82, 2.24) is 4.57 Å². The van der Waals surface area contributed by atoms with Crippen LogP contribution >= 0.6 is 0 Å². The van der Waals surface area contributed by atoms with Gasteiger partial charge in [0.05, 0.1) is 18.3 Å². The average Bonchev–Trinajstić information content (AvgIpc) is 2.76. The number of Topliss-reactive ketones (excluding diaryl/α,β-unsaturated/α-hetero) is 1. The molecule has 0 fully saturated rings. The van der Waals surface area contributed by atoms with E-state index in [1.165, 1.54) is 0 Å². The van der Waals surface area contributed by atoms with E-state index in [4.69, 9.17) is 9.47 Å². The van der Waals surface area contributed by atoms with Crippen molar-refractivity contribution in [2.75, 3.05) is 14.2 Å². The molecule has 0 spiro atoms. The predicted molar refractivity (Wildman–Crippen MR) is 70.1 cm³/mol. The lowest BCUT2D eigenvalue weighted by molar-refractivity contribution is 0.0950. The Kier molecular flexibility index (Phi) is 3.67. The highest BCUT2D eigenvalue weighted by Gasteiger charge is 2.14. The molecule has 2 rings (SSSR count). The van der Waals surface area contributed by atoms with E-state index in [2.05, 4.69) is 0 Å². The van der Waals surface area contributed by atoms with Crippen molar-refractivity contribution >= 4 is 16.7 Å². The van der Waals surface area contributed by atoms with Gasteiger partial charge in [0.15, 0.2) is 5.78 Å². The van der Waals surface area contributed by atoms with Gasteiger partial charge in [-0.25, -0.2) is 0 Å². The summed E-state index contributed by atoms with van der Waals surface area (Å²) in [4.78, 5) is 11.9. The second-order valence-electron chi connectivity index (χ2n) is 4.08. The van der Waals surface area contributed by atoms with E-state index in [9.17, 15) is 4.79 Å². The minimum absolute atomic E-state index is 0.113. The Labute approximate surface area is 106 Å². The number of benzene rings is 1. The fourth-order valence-electron chi connectivity index (χ4n) is 2.06. The van der Waals surface area contributed by atoms with Crippen molar-refractivity contribution in [3.8, 4) is 5.75 Å². The van der Waals surface area contributed by atoms with Crippen molar-refractivity contribution in [2.24, 2.45) is 0 Å². The SMILES string of the molecule is CCC(=O)c1cc2cc(OC)ccc2n1COC. The molecule has 2 aromatic rings. The Morgan fingerprint density at radius 1 is 1.28 bits per heavy atom. The molecular formula is C14H17NO3. The zero-order valence-electron chi connectivity index (χ0n) is 10.9. The van der Waals surface area contributed by atoms with Crippen molar-refractivity contribution in [3.63, 3.8) is 0 Å². The molecule has 1 aromatic carbocycles. The molecule has 0 radical (unpaired) electrons. The average molecular weight is 247 g/mol. The standard InChI is InChI=1S/C14H17NO3/c1-4-14(16)13-8-10-7-11(18-3)5-6-12(10)15(13)9-17-2/h5-8H,4,9H2,1-3H3. The monoisotopic (exact) mass is 247 g/mol. The van der Waals surface area contributed by atoms with E-state index in [1.54, 1.807) is 14.2 Å². The van der Waals surface area contributed by atoms with E-state index in [0.29, 0.717) is 18.8 Å². The third-order valence-electron chi connectivity index (χ3n) is 2.97. The van der Waals surface area contributed by atoms with Crippen molar-refractivity contribution in [1.29, 1.82) is 0 Å². The quantitative estimate of drug-likeness (QED) is 0.763. The van der Waals surface area contributed by atoms with E-state index in [1.807, 2.05) is 35.8 Å². The molecule has 1 aromatic heterocycles. The molecule has 0 atom stereocenters. The number of nitrogens with zero attached hydrogens (tertiary/aromatic N) is 1. The summed E-state index contributed by atoms with van der Waals surface area (Å²) in [5.41, 5.74) is 1.66. The van der Waals surface area contributed by atoms with Crippen LogP contribution in [0.3, 0.4) is 0 Å². The van der Waals surface area contributed by atoms with E-state index in [0.717, 1.165) is 16.7 Å². The number of rotatable bonds is 5. The summed E-state index contributed by atoms with van der Waals surface area (Å²) >= 11 is 0. The minimum Gasteiger partial charge on any atom is -0.497 e. The first-order chi connectivity index (χ1) is 8.71. The number of ketones is 1. The summed E-state index contributed by atoms with van der Waals surface area (Å²) in [5, 5.41) is 0.989. The van der Waals surface area contributed by atoms with Gasteiger partial charge in [0.1, 0.15) is 12.5 Å². The van der Waals surface area contributed by atoms with Crippen LogP contribution in [0, 0.1) is 0 Å². The van der Waals surface area contributed by atoms with Gasteiger partial charge in [0.2, 0.25) is 0 Å². The van der Waals surface area contributed by atoms with Crippen LogP contribution in [-0.4, -0.2) is 24.6 Å². The van der Waals surface area contributed by atoms with Crippen LogP contribution in [0.2, 0.25) is 0 Å². The number of carbonyl (C=O) groups excluding carboxylic acids is 1. The molecule has 0 aliphatic heterocycles. The van der Waals surface area contributed by atoms with Gasteiger partial charge in [-0.1, -0.05) is 6.92 Å². The predicted octanol–water partition coefficient (Wildman–Crippen LogP) is 2.85. The van der Waals surface area contributed by atoms with E-state index < -0.39 is 0 Å². The summed E-state index contributed by atoms with van der Waals surface area (Å²) in [6.07, 6.45) is 0.483. The van der Waals surface area contributed by atoms with Gasteiger partial charge in [-0.3, -0.25) is 4.79 Å². The Bertz CT molecular complexity index is 572. The third-order valence-corrected chi connectivity index (χ3v) is 2.97. The molecule has 0 aliphatic carbocycles. The molecule has 0 bridgehead atoms. The Morgan fingerprint density at radius 2 is 2.06 bits per heavy atom. The highest BCUT2D eigenvalue weighted by molar-refractivity contribution is 6.00. The smallest absolute Gasteiger partial charge is 0.179 e. The minimum atomic E-state index is 0.113. The van der Waals surface area contributed by atoms with Gasteiger partial charge >= 0.3 is 0 Å². The molecule has 4 nitrogen and oxygen atoms in total. The lowest BCUT2D eigenvalue weighted by Crippen LogP contribution is -2.09. The molecule has 1 heterocycles. The summed E-state index contributed by atoms with van der Waals surface area (Å²) in [5.74, 6) is 0.898. The number of carbonyl (C=O) groups is 1. The molecule has 0 amide bonds. The fourth-order valence-corrected chi connectivity index (χ4v) is 2.06. The Balaban J connectivity index is 2.62. The van der Waals surface area contributed by atoms with Crippen LogP contribution in [0.4, 0.5) is 0 Å². The molecule has 18 heavy (non-hydrogen) atoms. The number of methoxy groups -OCH3 is 2. The molecule has 0 saturated carbocycles. The Hall–Kier alpha value is -1.81. The van der Waals surface area contributed by atoms with Crippen molar-refractivity contribution in [2.45, 2.75) is 20.1 Å². The second-order valence-corrected chi connectivity index (χ2v) is 4.08. The normalized spacial score (nSPS) is 10.8. The Morgan fingerprint density at radius 3 is 2.67 bits per heavy atom. The van der Waals surface area contributed by atoms with Crippen LogP contribution in [0.25, 0.3) is 10.9 Å². The van der Waals surface area contributed by atoms with E-state index >= 15 is 0 Å². The lowest BCUT2D eigenvalue weighted by atomic mass is 10.2. The second kappa shape index (κ2) is 5.23. The molecule has 0 N–H and O–H groups in total. The van der Waals surface area contributed by atoms with Crippen LogP contribution < -0.4 is 4.74 Å². The maximum absolute atomic E-state index is 11.9. The molecule has 4 heteroatoms. The summed E-state index contributed by atoms with van der Waals surface area (Å²) in [6.45, 7) is 2.23. The first-order valence-electron chi connectivity index (χ1n) is 5.90. The fraction of sp³-hybridized carbons (Fsp3) is 0.357. The molecule has 0 aliphatic rings. The highest BCUT2D eigenvalue weighted by Crippen LogP contribution is 2.25. The van der Waals surface area contributed by atoms with Crippen molar-refractivity contribution < 1.29 is 14.3 Å². The highest BCUT2D eigenvalue weighted by atomic mass is 16.5. The number of ether oxygens (including phenoxy) is 2. The molecule has 0 saturated heterocycles. The van der Waals surface area contributed by atoms with Gasteiger partial charge < -0.3 is 14.0 Å². The molecule has 96 valence electrons. The number of hydrogen-bond donors (Lipinski definition) is 0. The van der Waals surface area contributed by atoms with Gasteiger partial charge in [-0.05, 0) is 24.3 Å². The maximum Gasteiger partial charge on any atom is 0.179 e. The first kappa shape index (κ1) is 12.6. The van der Waals surface area contributed by atoms with Crippen LogP contribution in [-0.2, 0) is 11.5 Å². The van der Waals surface area contributed by atoms with Crippen LogP contribution in [0.15, 0.2) is 24.3 Å². The molecular weight excluding hydrogens is 230 g/mol.